The normalized spacial score (nSPS) is 10.4. The highest BCUT2D eigenvalue weighted by atomic mass is 16.1. The maximum atomic E-state index is 12.1. The lowest BCUT2D eigenvalue weighted by Gasteiger charge is -2.14. The number of hydrogen-bond acceptors (Lipinski definition) is 2. The fraction of sp³-hybridized carbons (Fsp3) is 0.316. The first-order chi connectivity index (χ1) is 10.4. The van der Waals surface area contributed by atoms with Crippen LogP contribution >= 0.6 is 0 Å². The quantitative estimate of drug-likeness (QED) is 0.884. The molecule has 3 heteroatoms. The third kappa shape index (κ3) is 3.88. The standard InChI is InChI=1S/C19H24N2O/c1-12-6-7-17(14(3)8-12)21-18(22)11-20-19-15(4)9-13(2)10-16(19)5/h6-10,20H,11H2,1-5H3,(H,21,22). The van der Waals surface area contributed by atoms with Crippen molar-refractivity contribution in [3.8, 4) is 0 Å². The molecule has 2 rings (SSSR count). The molecule has 0 aromatic heterocycles. The summed E-state index contributed by atoms with van der Waals surface area (Å²) in [6, 6.07) is 10.3. The van der Waals surface area contributed by atoms with Crippen LogP contribution in [0.5, 0.6) is 0 Å². The van der Waals surface area contributed by atoms with Crippen LogP contribution in [0.25, 0.3) is 0 Å². The second-order valence-electron chi connectivity index (χ2n) is 5.99. The van der Waals surface area contributed by atoms with E-state index in [0.717, 1.165) is 28.1 Å². The van der Waals surface area contributed by atoms with Gasteiger partial charge >= 0.3 is 0 Å². The van der Waals surface area contributed by atoms with Crippen molar-refractivity contribution in [3.63, 3.8) is 0 Å². The maximum absolute atomic E-state index is 12.1. The molecule has 0 saturated carbocycles. The van der Waals surface area contributed by atoms with Crippen molar-refractivity contribution in [2.75, 3.05) is 17.2 Å². The molecule has 2 aromatic carbocycles. The van der Waals surface area contributed by atoms with Gasteiger partial charge in [-0.05, 0) is 57.4 Å². The van der Waals surface area contributed by atoms with Crippen LogP contribution in [0.1, 0.15) is 27.8 Å². The fourth-order valence-electron chi connectivity index (χ4n) is 2.78. The summed E-state index contributed by atoms with van der Waals surface area (Å²) in [7, 11) is 0. The van der Waals surface area contributed by atoms with Crippen molar-refractivity contribution in [1.29, 1.82) is 0 Å². The highest BCUT2D eigenvalue weighted by Crippen LogP contribution is 2.22. The van der Waals surface area contributed by atoms with Crippen molar-refractivity contribution in [2.24, 2.45) is 0 Å². The molecule has 0 unspecified atom stereocenters. The van der Waals surface area contributed by atoms with Crippen molar-refractivity contribution >= 4 is 17.3 Å². The van der Waals surface area contributed by atoms with E-state index in [1.165, 1.54) is 11.1 Å². The Morgan fingerprint density at radius 2 is 1.45 bits per heavy atom. The lowest BCUT2D eigenvalue weighted by atomic mass is 10.1. The molecule has 0 fully saturated rings. The Hall–Kier alpha value is -2.29. The number of hydrogen-bond donors (Lipinski definition) is 2. The van der Waals surface area contributed by atoms with Gasteiger partial charge in [-0.3, -0.25) is 4.79 Å². The maximum Gasteiger partial charge on any atom is 0.243 e. The van der Waals surface area contributed by atoms with Gasteiger partial charge < -0.3 is 10.6 Å². The van der Waals surface area contributed by atoms with Crippen LogP contribution in [-0.4, -0.2) is 12.5 Å². The first-order valence-corrected chi connectivity index (χ1v) is 7.55. The van der Waals surface area contributed by atoms with E-state index in [9.17, 15) is 4.79 Å². The second kappa shape index (κ2) is 6.65. The predicted octanol–water partition coefficient (Wildman–Crippen LogP) is 4.28. The molecule has 0 aliphatic rings. The first kappa shape index (κ1) is 16.1. The summed E-state index contributed by atoms with van der Waals surface area (Å²) in [4.78, 5) is 12.1. The number of carbonyl (C=O) groups excluding carboxylic acids is 1. The lowest BCUT2D eigenvalue weighted by Crippen LogP contribution is -2.22. The Kier molecular flexibility index (Phi) is 4.86. The molecule has 0 heterocycles. The van der Waals surface area contributed by atoms with Gasteiger partial charge in [0.1, 0.15) is 0 Å². The number of rotatable bonds is 4. The summed E-state index contributed by atoms with van der Waals surface area (Å²) < 4.78 is 0. The molecule has 0 bridgehead atoms. The van der Waals surface area contributed by atoms with Gasteiger partial charge in [0, 0.05) is 11.4 Å². The van der Waals surface area contributed by atoms with Crippen LogP contribution in [0.2, 0.25) is 0 Å². The van der Waals surface area contributed by atoms with E-state index in [0.29, 0.717) is 0 Å². The zero-order valence-corrected chi connectivity index (χ0v) is 14.0. The van der Waals surface area contributed by atoms with Crippen LogP contribution in [-0.2, 0) is 4.79 Å². The molecule has 116 valence electrons. The largest absolute Gasteiger partial charge is 0.376 e. The summed E-state index contributed by atoms with van der Waals surface area (Å²) in [6.45, 7) is 10.5. The van der Waals surface area contributed by atoms with E-state index in [-0.39, 0.29) is 12.5 Å². The molecule has 0 saturated heterocycles. The van der Waals surface area contributed by atoms with E-state index in [4.69, 9.17) is 0 Å². The van der Waals surface area contributed by atoms with Crippen molar-refractivity contribution in [3.05, 3.63) is 58.1 Å². The molecular formula is C19H24N2O. The van der Waals surface area contributed by atoms with Gasteiger partial charge in [0.25, 0.3) is 0 Å². The fourth-order valence-corrected chi connectivity index (χ4v) is 2.78. The number of amides is 1. The highest BCUT2D eigenvalue weighted by Gasteiger charge is 2.08. The zero-order chi connectivity index (χ0) is 16.3. The molecule has 1 amide bonds. The Balaban J connectivity index is 2.02. The van der Waals surface area contributed by atoms with Gasteiger partial charge in [0.15, 0.2) is 0 Å². The summed E-state index contributed by atoms with van der Waals surface area (Å²) in [6.07, 6.45) is 0. The molecule has 22 heavy (non-hydrogen) atoms. The Morgan fingerprint density at radius 3 is 2.05 bits per heavy atom. The third-order valence-electron chi connectivity index (χ3n) is 3.76. The molecule has 2 N–H and O–H groups in total. The van der Waals surface area contributed by atoms with Gasteiger partial charge in [-0.2, -0.15) is 0 Å². The molecule has 2 aromatic rings. The van der Waals surface area contributed by atoms with E-state index in [2.05, 4.69) is 49.6 Å². The van der Waals surface area contributed by atoms with Crippen LogP contribution in [0.4, 0.5) is 11.4 Å². The Labute approximate surface area is 132 Å². The number of nitrogens with one attached hydrogen (secondary N) is 2. The van der Waals surface area contributed by atoms with Crippen LogP contribution < -0.4 is 10.6 Å². The topological polar surface area (TPSA) is 41.1 Å². The Bertz CT molecular complexity index is 682. The summed E-state index contributed by atoms with van der Waals surface area (Å²) in [5.74, 6) is -0.0358. The zero-order valence-electron chi connectivity index (χ0n) is 14.0. The van der Waals surface area contributed by atoms with Gasteiger partial charge in [-0.1, -0.05) is 35.4 Å². The van der Waals surface area contributed by atoms with E-state index >= 15 is 0 Å². The summed E-state index contributed by atoms with van der Waals surface area (Å²) in [5, 5.41) is 6.20. The Morgan fingerprint density at radius 1 is 0.864 bits per heavy atom. The first-order valence-electron chi connectivity index (χ1n) is 7.55. The average Bonchev–Trinajstić information content (AvgIpc) is 2.40. The predicted molar refractivity (Wildman–Crippen MR) is 93.7 cm³/mol. The van der Waals surface area contributed by atoms with Crippen LogP contribution in [0, 0.1) is 34.6 Å². The number of benzene rings is 2. The van der Waals surface area contributed by atoms with E-state index in [1.54, 1.807) is 0 Å². The lowest BCUT2D eigenvalue weighted by molar-refractivity contribution is -0.114. The molecule has 3 nitrogen and oxygen atoms in total. The minimum absolute atomic E-state index is 0.0358. The minimum atomic E-state index is -0.0358. The highest BCUT2D eigenvalue weighted by molar-refractivity contribution is 5.94. The van der Waals surface area contributed by atoms with Crippen molar-refractivity contribution < 1.29 is 4.79 Å². The van der Waals surface area contributed by atoms with Crippen LogP contribution in [0.3, 0.4) is 0 Å². The molecule has 0 spiro atoms. The number of aryl methyl sites for hydroxylation is 5. The molecular weight excluding hydrogens is 272 g/mol. The monoisotopic (exact) mass is 296 g/mol. The van der Waals surface area contributed by atoms with E-state index < -0.39 is 0 Å². The van der Waals surface area contributed by atoms with Crippen LogP contribution in [0.15, 0.2) is 30.3 Å². The SMILES string of the molecule is Cc1ccc(NC(=O)CNc2c(C)cc(C)cc2C)c(C)c1. The van der Waals surface area contributed by atoms with E-state index in [1.807, 2.05) is 26.0 Å². The number of anilines is 2. The van der Waals surface area contributed by atoms with Gasteiger partial charge in [-0.25, -0.2) is 0 Å². The van der Waals surface area contributed by atoms with Gasteiger partial charge in [0.2, 0.25) is 5.91 Å². The third-order valence-corrected chi connectivity index (χ3v) is 3.76. The molecule has 0 aliphatic carbocycles. The minimum Gasteiger partial charge on any atom is -0.376 e. The second-order valence-corrected chi connectivity index (χ2v) is 5.99. The smallest absolute Gasteiger partial charge is 0.243 e. The summed E-state index contributed by atoms with van der Waals surface area (Å²) in [5.41, 5.74) is 7.75. The van der Waals surface area contributed by atoms with Crippen molar-refractivity contribution in [1.82, 2.24) is 0 Å². The summed E-state index contributed by atoms with van der Waals surface area (Å²) >= 11 is 0. The van der Waals surface area contributed by atoms with Gasteiger partial charge in [0.05, 0.1) is 6.54 Å². The van der Waals surface area contributed by atoms with Crippen molar-refractivity contribution in [2.45, 2.75) is 34.6 Å². The van der Waals surface area contributed by atoms with Gasteiger partial charge in [-0.15, -0.1) is 0 Å². The molecule has 0 radical (unpaired) electrons. The average molecular weight is 296 g/mol. The molecule has 0 aliphatic heterocycles. The molecule has 0 atom stereocenters. The number of carbonyl (C=O) groups is 1.